The first-order valence-electron chi connectivity index (χ1n) is 6.71. The predicted molar refractivity (Wildman–Crippen MR) is 86.6 cm³/mol. The summed E-state index contributed by atoms with van der Waals surface area (Å²) < 4.78 is 0. The lowest BCUT2D eigenvalue weighted by atomic mass is 9.93. The van der Waals surface area contributed by atoms with Crippen LogP contribution in [0, 0.1) is 17.0 Å². The number of thiazole rings is 1. The zero-order valence-electron chi connectivity index (χ0n) is 12.8. The van der Waals surface area contributed by atoms with Crippen molar-refractivity contribution in [1.82, 2.24) is 4.98 Å². The second-order valence-electron chi connectivity index (χ2n) is 6.00. The number of nitrogens with one attached hydrogen (secondary N) is 1. The number of aryl methyl sites for hydroxylation is 1. The minimum Gasteiger partial charge on any atom is -0.298 e. The molecule has 0 aliphatic rings. The molecule has 2 rings (SSSR count). The highest BCUT2D eigenvalue weighted by Crippen LogP contribution is 2.27. The van der Waals surface area contributed by atoms with E-state index < -0.39 is 10.8 Å². The van der Waals surface area contributed by atoms with Gasteiger partial charge in [0.1, 0.15) is 0 Å². The Morgan fingerprint density at radius 2 is 2.05 bits per heavy atom. The van der Waals surface area contributed by atoms with Crippen molar-refractivity contribution in [3.8, 4) is 0 Å². The lowest BCUT2D eigenvalue weighted by Crippen LogP contribution is -2.14. The van der Waals surface area contributed by atoms with E-state index >= 15 is 0 Å². The first kappa shape index (κ1) is 16.1. The van der Waals surface area contributed by atoms with Crippen LogP contribution in [-0.2, 0) is 5.41 Å². The Morgan fingerprint density at radius 1 is 1.36 bits per heavy atom. The summed E-state index contributed by atoms with van der Waals surface area (Å²) in [5, 5.41) is 16.0. The monoisotopic (exact) mass is 319 g/mol. The number of carbonyl (C=O) groups is 1. The van der Waals surface area contributed by atoms with Crippen LogP contribution < -0.4 is 5.32 Å². The van der Waals surface area contributed by atoms with Crippen molar-refractivity contribution < 1.29 is 9.72 Å². The number of amides is 1. The standard InChI is InChI=1S/C15H17N3O3S/c1-9-5-6-10(7-11(9)18(20)21)13(19)17-14-16-12(8-22-14)15(2,3)4/h5-8H,1-4H3,(H,16,17,19). The summed E-state index contributed by atoms with van der Waals surface area (Å²) in [5.74, 6) is -0.405. The van der Waals surface area contributed by atoms with E-state index in [0.717, 1.165) is 5.69 Å². The van der Waals surface area contributed by atoms with Crippen LogP contribution in [0.4, 0.5) is 10.8 Å². The van der Waals surface area contributed by atoms with E-state index in [-0.39, 0.29) is 16.7 Å². The number of nitro groups is 1. The van der Waals surface area contributed by atoms with Gasteiger partial charge in [-0.2, -0.15) is 0 Å². The van der Waals surface area contributed by atoms with Crippen molar-refractivity contribution >= 4 is 28.1 Å². The first-order chi connectivity index (χ1) is 10.2. The van der Waals surface area contributed by atoms with Crippen molar-refractivity contribution in [2.24, 2.45) is 0 Å². The lowest BCUT2D eigenvalue weighted by molar-refractivity contribution is -0.385. The number of carbonyl (C=O) groups excluding carboxylic acids is 1. The largest absolute Gasteiger partial charge is 0.298 e. The van der Waals surface area contributed by atoms with Gasteiger partial charge in [0.2, 0.25) is 0 Å². The van der Waals surface area contributed by atoms with E-state index in [1.807, 2.05) is 26.2 Å². The van der Waals surface area contributed by atoms with Gasteiger partial charge in [0, 0.05) is 28.0 Å². The van der Waals surface area contributed by atoms with Crippen molar-refractivity contribution in [1.29, 1.82) is 0 Å². The molecule has 0 bridgehead atoms. The van der Waals surface area contributed by atoms with Crippen LogP contribution in [0.2, 0.25) is 0 Å². The third kappa shape index (κ3) is 3.48. The summed E-state index contributed by atoms with van der Waals surface area (Å²) in [7, 11) is 0. The Morgan fingerprint density at radius 3 is 2.59 bits per heavy atom. The number of hydrogen-bond acceptors (Lipinski definition) is 5. The third-order valence-corrected chi connectivity index (χ3v) is 3.92. The number of aromatic nitrogens is 1. The normalized spacial score (nSPS) is 11.3. The third-order valence-electron chi connectivity index (χ3n) is 3.16. The van der Waals surface area contributed by atoms with Crippen LogP contribution in [0.3, 0.4) is 0 Å². The molecule has 1 aromatic carbocycles. The molecule has 1 amide bonds. The molecular weight excluding hydrogens is 302 g/mol. The maximum Gasteiger partial charge on any atom is 0.273 e. The molecule has 6 nitrogen and oxygen atoms in total. The van der Waals surface area contributed by atoms with E-state index in [2.05, 4.69) is 10.3 Å². The van der Waals surface area contributed by atoms with Gasteiger partial charge in [-0.15, -0.1) is 11.3 Å². The molecule has 1 N–H and O–H groups in total. The Kier molecular flexibility index (Phi) is 4.27. The van der Waals surface area contributed by atoms with Gasteiger partial charge in [0.05, 0.1) is 10.6 Å². The summed E-state index contributed by atoms with van der Waals surface area (Å²) in [6.45, 7) is 7.75. The molecule has 2 aromatic rings. The quantitative estimate of drug-likeness (QED) is 0.686. The van der Waals surface area contributed by atoms with Gasteiger partial charge in [0.15, 0.2) is 5.13 Å². The molecule has 0 saturated heterocycles. The predicted octanol–water partition coefficient (Wildman–Crippen LogP) is 3.91. The fourth-order valence-electron chi connectivity index (χ4n) is 1.79. The highest BCUT2D eigenvalue weighted by molar-refractivity contribution is 7.14. The minimum absolute atomic E-state index is 0.0674. The van der Waals surface area contributed by atoms with E-state index in [1.165, 1.54) is 17.4 Å². The van der Waals surface area contributed by atoms with Gasteiger partial charge >= 0.3 is 0 Å². The van der Waals surface area contributed by atoms with E-state index in [0.29, 0.717) is 10.7 Å². The molecule has 0 aliphatic carbocycles. The van der Waals surface area contributed by atoms with Crippen LogP contribution in [0.5, 0.6) is 0 Å². The fourth-order valence-corrected chi connectivity index (χ4v) is 2.72. The zero-order valence-corrected chi connectivity index (χ0v) is 13.7. The Labute approximate surface area is 132 Å². The molecule has 0 aliphatic heterocycles. The van der Waals surface area contributed by atoms with Gasteiger partial charge in [-0.1, -0.05) is 26.8 Å². The number of hydrogen-bond donors (Lipinski definition) is 1. The molecule has 0 atom stereocenters. The topological polar surface area (TPSA) is 85.1 Å². The summed E-state index contributed by atoms with van der Waals surface area (Å²) in [6.07, 6.45) is 0. The van der Waals surface area contributed by atoms with Crippen molar-refractivity contribution in [3.05, 3.63) is 50.5 Å². The number of benzene rings is 1. The molecule has 1 heterocycles. The van der Waals surface area contributed by atoms with E-state index in [4.69, 9.17) is 0 Å². The number of anilines is 1. The molecule has 1 aromatic heterocycles. The number of nitrogens with zero attached hydrogens (tertiary/aromatic N) is 2. The van der Waals surface area contributed by atoms with Crippen LogP contribution in [0.1, 0.15) is 42.4 Å². The molecule has 0 radical (unpaired) electrons. The average Bonchev–Trinajstić information content (AvgIpc) is 2.87. The van der Waals surface area contributed by atoms with Gasteiger partial charge < -0.3 is 0 Å². The molecule has 0 unspecified atom stereocenters. The highest BCUT2D eigenvalue weighted by Gasteiger charge is 2.19. The molecule has 0 saturated carbocycles. The summed E-state index contributed by atoms with van der Waals surface area (Å²) in [6, 6.07) is 4.41. The number of rotatable bonds is 3. The van der Waals surface area contributed by atoms with Crippen LogP contribution >= 0.6 is 11.3 Å². The summed E-state index contributed by atoms with van der Waals surface area (Å²) >= 11 is 1.34. The van der Waals surface area contributed by atoms with Gasteiger partial charge in [-0.25, -0.2) is 4.98 Å². The minimum atomic E-state index is -0.493. The fraction of sp³-hybridized carbons (Fsp3) is 0.333. The Hall–Kier alpha value is -2.28. The van der Waals surface area contributed by atoms with Crippen LogP contribution in [0.25, 0.3) is 0 Å². The molecule has 116 valence electrons. The first-order valence-corrected chi connectivity index (χ1v) is 7.59. The Bertz CT molecular complexity index is 732. The average molecular weight is 319 g/mol. The summed E-state index contributed by atoms with van der Waals surface area (Å²) in [4.78, 5) is 27.0. The van der Waals surface area contributed by atoms with Crippen molar-refractivity contribution in [2.75, 3.05) is 5.32 Å². The Balaban J connectivity index is 2.21. The molecule has 22 heavy (non-hydrogen) atoms. The zero-order chi connectivity index (χ0) is 16.5. The van der Waals surface area contributed by atoms with Crippen molar-refractivity contribution in [2.45, 2.75) is 33.1 Å². The second kappa shape index (κ2) is 5.84. The maximum atomic E-state index is 12.2. The smallest absolute Gasteiger partial charge is 0.273 e. The van der Waals surface area contributed by atoms with Gasteiger partial charge in [0.25, 0.3) is 11.6 Å². The molecular formula is C15H17N3O3S. The SMILES string of the molecule is Cc1ccc(C(=O)Nc2nc(C(C)(C)C)cs2)cc1[N+](=O)[O-]. The highest BCUT2D eigenvalue weighted by atomic mass is 32.1. The van der Waals surface area contributed by atoms with E-state index in [1.54, 1.807) is 19.1 Å². The number of nitro benzene ring substituents is 1. The van der Waals surface area contributed by atoms with Gasteiger partial charge in [-0.05, 0) is 13.0 Å². The van der Waals surface area contributed by atoms with Crippen molar-refractivity contribution in [3.63, 3.8) is 0 Å². The summed E-state index contributed by atoms with van der Waals surface area (Å²) in [5.41, 5.74) is 1.49. The van der Waals surface area contributed by atoms with Gasteiger partial charge in [-0.3, -0.25) is 20.2 Å². The lowest BCUT2D eigenvalue weighted by Gasteiger charge is -2.14. The maximum absolute atomic E-state index is 12.2. The molecule has 7 heteroatoms. The second-order valence-corrected chi connectivity index (χ2v) is 6.86. The van der Waals surface area contributed by atoms with E-state index in [9.17, 15) is 14.9 Å². The molecule has 0 fully saturated rings. The molecule has 0 spiro atoms. The van der Waals surface area contributed by atoms with Crippen LogP contribution in [-0.4, -0.2) is 15.8 Å². The van der Waals surface area contributed by atoms with Crippen LogP contribution in [0.15, 0.2) is 23.6 Å².